The molecule has 0 fully saturated rings. The molecule has 108 valence electrons. The van der Waals surface area contributed by atoms with Crippen molar-refractivity contribution in [3.8, 4) is 0 Å². The van der Waals surface area contributed by atoms with Crippen LogP contribution < -0.4 is 0 Å². The maximum Gasteiger partial charge on any atom is 0.429 e. The summed E-state index contributed by atoms with van der Waals surface area (Å²) in [7, 11) is 0. The van der Waals surface area contributed by atoms with E-state index in [-0.39, 0.29) is 6.42 Å². The van der Waals surface area contributed by atoms with Gasteiger partial charge in [0.25, 0.3) is 5.60 Å². The molecule has 0 aromatic heterocycles. The number of ether oxygens (including phenoxy) is 1. The Morgan fingerprint density at radius 3 is 1.83 bits per heavy atom. The molecular weight excluding hydrogens is 270 g/mol. The zero-order valence-electron chi connectivity index (χ0n) is 9.52. The molecule has 18 heavy (non-hydrogen) atoms. The summed E-state index contributed by atoms with van der Waals surface area (Å²) >= 11 is 0. The lowest BCUT2D eigenvalue weighted by molar-refractivity contribution is -0.375. The van der Waals surface area contributed by atoms with Crippen LogP contribution in [0.5, 0.6) is 0 Å². The van der Waals surface area contributed by atoms with Crippen molar-refractivity contribution in [3.63, 3.8) is 0 Å². The number of esters is 1. The number of alkyl halides is 6. The van der Waals surface area contributed by atoms with E-state index in [0.29, 0.717) is 0 Å². The van der Waals surface area contributed by atoms with Gasteiger partial charge in [0, 0.05) is 0 Å². The van der Waals surface area contributed by atoms with Crippen LogP contribution in [-0.4, -0.2) is 35.6 Å². The van der Waals surface area contributed by atoms with E-state index in [2.05, 4.69) is 4.74 Å². The molecule has 0 spiro atoms. The summed E-state index contributed by atoms with van der Waals surface area (Å²) < 4.78 is 76.9. The standard InChI is InChI=1S/C9H12F6O3/c1-3-5(2)6(16)18-4-7(17,8(10,11)12)9(13,14)15/h5,17H,3-4H2,1-2H3. The first-order chi connectivity index (χ1) is 7.87. The van der Waals surface area contributed by atoms with Gasteiger partial charge in [-0.3, -0.25) is 4.79 Å². The molecule has 0 aromatic rings. The molecule has 1 N–H and O–H groups in total. The van der Waals surface area contributed by atoms with Gasteiger partial charge in [-0.15, -0.1) is 0 Å². The first-order valence-electron chi connectivity index (χ1n) is 4.89. The molecule has 0 heterocycles. The SMILES string of the molecule is CCC(C)C(=O)OCC(O)(C(F)(F)F)C(F)(F)F. The Labute approximate surface area is 98.7 Å². The molecule has 0 radical (unpaired) electrons. The van der Waals surface area contributed by atoms with E-state index in [1.807, 2.05) is 0 Å². The van der Waals surface area contributed by atoms with Gasteiger partial charge < -0.3 is 9.84 Å². The third kappa shape index (κ3) is 3.50. The average Bonchev–Trinajstić information content (AvgIpc) is 2.20. The van der Waals surface area contributed by atoms with Crippen LogP contribution in [-0.2, 0) is 9.53 Å². The normalized spacial score (nSPS) is 15.4. The number of carbonyl (C=O) groups is 1. The largest absolute Gasteiger partial charge is 0.462 e. The molecule has 0 bridgehead atoms. The summed E-state index contributed by atoms with van der Waals surface area (Å²) in [5.74, 6) is -2.08. The van der Waals surface area contributed by atoms with Crippen LogP contribution in [0.1, 0.15) is 20.3 Å². The highest BCUT2D eigenvalue weighted by atomic mass is 19.4. The van der Waals surface area contributed by atoms with E-state index < -0.39 is 36.4 Å². The summed E-state index contributed by atoms with van der Waals surface area (Å²) in [5, 5.41) is 8.66. The van der Waals surface area contributed by atoms with Crippen LogP contribution >= 0.6 is 0 Å². The van der Waals surface area contributed by atoms with Crippen molar-refractivity contribution in [2.45, 2.75) is 38.2 Å². The van der Waals surface area contributed by atoms with Crippen LogP contribution in [0.15, 0.2) is 0 Å². The maximum atomic E-state index is 12.2. The molecule has 0 amide bonds. The Hall–Kier alpha value is -0.990. The zero-order chi connectivity index (χ0) is 14.8. The lowest BCUT2D eigenvalue weighted by atomic mass is 10.0. The third-order valence-electron chi connectivity index (χ3n) is 2.38. The van der Waals surface area contributed by atoms with Crippen molar-refractivity contribution >= 4 is 5.97 Å². The van der Waals surface area contributed by atoms with E-state index in [4.69, 9.17) is 5.11 Å². The second-order valence-corrected chi connectivity index (χ2v) is 3.77. The van der Waals surface area contributed by atoms with Gasteiger partial charge in [0.15, 0.2) is 0 Å². The fraction of sp³-hybridized carbons (Fsp3) is 0.889. The van der Waals surface area contributed by atoms with Crippen LogP contribution in [0.2, 0.25) is 0 Å². The predicted octanol–water partition coefficient (Wildman–Crippen LogP) is 2.43. The van der Waals surface area contributed by atoms with Crippen molar-refractivity contribution in [2.24, 2.45) is 5.92 Å². The van der Waals surface area contributed by atoms with Gasteiger partial charge in [-0.05, 0) is 6.42 Å². The van der Waals surface area contributed by atoms with Gasteiger partial charge in [0.05, 0.1) is 5.92 Å². The van der Waals surface area contributed by atoms with Crippen molar-refractivity contribution in [3.05, 3.63) is 0 Å². The molecule has 0 aromatic carbocycles. The minimum absolute atomic E-state index is 0.190. The van der Waals surface area contributed by atoms with Crippen LogP contribution in [0.4, 0.5) is 26.3 Å². The fourth-order valence-corrected chi connectivity index (χ4v) is 0.809. The monoisotopic (exact) mass is 282 g/mol. The van der Waals surface area contributed by atoms with Crippen molar-refractivity contribution in [1.82, 2.24) is 0 Å². The maximum absolute atomic E-state index is 12.2. The summed E-state index contributed by atoms with van der Waals surface area (Å²) in [6.45, 7) is 0.581. The van der Waals surface area contributed by atoms with Gasteiger partial charge in [0.2, 0.25) is 0 Å². The van der Waals surface area contributed by atoms with E-state index in [0.717, 1.165) is 0 Å². The Morgan fingerprint density at radius 1 is 1.17 bits per heavy atom. The molecule has 0 saturated carbocycles. The van der Waals surface area contributed by atoms with Gasteiger partial charge >= 0.3 is 18.3 Å². The van der Waals surface area contributed by atoms with E-state index in [1.165, 1.54) is 13.8 Å². The molecule has 0 aliphatic rings. The molecule has 0 saturated heterocycles. The third-order valence-corrected chi connectivity index (χ3v) is 2.38. The molecule has 9 heteroatoms. The fourth-order valence-electron chi connectivity index (χ4n) is 0.809. The first kappa shape index (κ1) is 17.0. The Kier molecular flexibility index (Phi) is 5.04. The predicted molar refractivity (Wildman–Crippen MR) is 47.5 cm³/mol. The Bertz CT molecular complexity index is 282. The first-order valence-corrected chi connectivity index (χ1v) is 4.89. The zero-order valence-corrected chi connectivity index (χ0v) is 9.52. The average molecular weight is 282 g/mol. The highest BCUT2D eigenvalue weighted by molar-refractivity contribution is 5.71. The lowest BCUT2D eigenvalue weighted by Gasteiger charge is -2.31. The van der Waals surface area contributed by atoms with Gasteiger partial charge in [-0.1, -0.05) is 13.8 Å². The minimum atomic E-state index is -5.99. The smallest absolute Gasteiger partial charge is 0.429 e. The summed E-state index contributed by atoms with van der Waals surface area (Å²) in [6.07, 6.45) is -11.8. The number of carbonyl (C=O) groups excluding carboxylic acids is 1. The quantitative estimate of drug-likeness (QED) is 0.636. The molecular formula is C9H12F6O3. The van der Waals surface area contributed by atoms with Crippen molar-refractivity contribution in [2.75, 3.05) is 6.61 Å². The van der Waals surface area contributed by atoms with E-state index >= 15 is 0 Å². The lowest BCUT2D eigenvalue weighted by Crippen LogP contribution is -2.60. The highest BCUT2D eigenvalue weighted by Crippen LogP contribution is 2.43. The summed E-state index contributed by atoms with van der Waals surface area (Å²) in [5.41, 5.74) is -5.05. The van der Waals surface area contributed by atoms with Gasteiger partial charge in [0.1, 0.15) is 6.61 Å². The molecule has 1 unspecified atom stereocenters. The molecule has 3 nitrogen and oxygen atoms in total. The van der Waals surface area contributed by atoms with Gasteiger partial charge in [-0.2, -0.15) is 26.3 Å². The van der Waals surface area contributed by atoms with Crippen molar-refractivity contribution < 1.29 is 41.0 Å². The number of rotatable bonds is 4. The van der Waals surface area contributed by atoms with Crippen LogP contribution in [0.3, 0.4) is 0 Å². The second kappa shape index (κ2) is 5.33. The van der Waals surface area contributed by atoms with E-state index in [1.54, 1.807) is 0 Å². The van der Waals surface area contributed by atoms with E-state index in [9.17, 15) is 31.1 Å². The number of halogens is 6. The molecule has 0 aliphatic heterocycles. The van der Waals surface area contributed by atoms with Gasteiger partial charge in [-0.25, -0.2) is 0 Å². The molecule has 0 rings (SSSR count). The van der Waals surface area contributed by atoms with Crippen LogP contribution in [0, 0.1) is 5.92 Å². The molecule has 1 atom stereocenters. The second-order valence-electron chi connectivity index (χ2n) is 3.77. The van der Waals surface area contributed by atoms with Crippen LogP contribution in [0.25, 0.3) is 0 Å². The minimum Gasteiger partial charge on any atom is -0.462 e. The number of aliphatic hydroxyl groups is 1. The molecule has 0 aliphatic carbocycles. The Morgan fingerprint density at radius 2 is 1.56 bits per heavy atom. The Balaban J connectivity index is 4.92. The summed E-state index contributed by atoms with van der Waals surface area (Å²) in [6, 6.07) is 0. The topological polar surface area (TPSA) is 46.5 Å². The van der Waals surface area contributed by atoms with Crippen molar-refractivity contribution in [1.29, 1.82) is 0 Å². The number of hydrogen-bond donors (Lipinski definition) is 1. The highest BCUT2D eigenvalue weighted by Gasteiger charge is 2.71. The number of hydrogen-bond acceptors (Lipinski definition) is 3. The summed E-state index contributed by atoms with van der Waals surface area (Å²) in [4.78, 5) is 11.0.